The fourth-order valence-electron chi connectivity index (χ4n) is 0.892. The molecule has 0 heterocycles. The van der Waals surface area contributed by atoms with E-state index in [9.17, 15) is 0 Å². The van der Waals surface area contributed by atoms with Crippen molar-refractivity contribution in [1.29, 1.82) is 0 Å². The predicted molar refractivity (Wildman–Crippen MR) is 52.1 cm³/mol. The van der Waals surface area contributed by atoms with Gasteiger partial charge in [0.1, 0.15) is 14.2 Å². The van der Waals surface area contributed by atoms with Crippen molar-refractivity contribution in [3.63, 3.8) is 0 Å². The number of aliphatic hydroxyl groups is 2. The summed E-state index contributed by atoms with van der Waals surface area (Å²) in [6, 6.07) is 0. The Labute approximate surface area is 74.9 Å². The van der Waals surface area contributed by atoms with Gasteiger partial charge in [-0.2, -0.15) is 0 Å². The van der Waals surface area contributed by atoms with Crippen LogP contribution in [-0.4, -0.2) is 26.1 Å². The van der Waals surface area contributed by atoms with Gasteiger partial charge in [0.05, 0.1) is 12.9 Å². The molecule has 0 spiro atoms. The Bertz CT molecular complexity index is 169. The molecule has 0 amide bonds. The van der Waals surface area contributed by atoms with E-state index >= 15 is 0 Å². The fourth-order valence-corrected chi connectivity index (χ4v) is 0.892. The summed E-state index contributed by atoms with van der Waals surface area (Å²) in [4.78, 5) is 0. The number of ether oxygens (including phenoxy) is 2. The molecule has 0 aromatic heterocycles. The molecule has 1 rings (SSSR count). The monoisotopic (exact) mass is 171 g/mol. The maximum atomic E-state index is 5.06. The van der Waals surface area contributed by atoms with Crippen LogP contribution in [0.3, 0.4) is 0 Å². The Hall–Kier alpha value is -0.760. The van der Waals surface area contributed by atoms with Gasteiger partial charge in [0.15, 0.2) is 0 Å². The number of rotatable bonds is 1. The molecular weight excluding hydrogens is 152 g/mol. The minimum absolute atomic E-state index is 1.07. The molecular formula is C10H19O2+. The first kappa shape index (κ1) is 11.2. The Morgan fingerprint density at radius 1 is 1.25 bits per heavy atom. The largest absolute Gasteiger partial charge is 0.501 e. The van der Waals surface area contributed by atoms with E-state index in [-0.39, 0.29) is 0 Å². The molecule has 1 N–H and O–H groups in total. The molecule has 0 saturated carbocycles. The zero-order valence-corrected chi connectivity index (χ0v) is 8.42. The highest BCUT2D eigenvalue weighted by Gasteiger charge is 2.00. The Kier molecular flexibility index (Phi) is 6.48. The molecule has 0 bridgehead atoms. The number of hydrogen-bond donors (Lipinski definition) is 0. The van der Waals surface area contributed by atoms with Crippen LogP contribution in [0.25, 0.3) is 0 Å². The molecule has 0 fully saturated rings. The summed E-state index contributed by atoms with van der Waals surface area (Å²) in [6.45, 7) is 2.14. The summed E-state index contributed by atoms with van der Waals surface area (Å²) in [7, 11) is 5.22. The number of methoxy groups -OCH3 is 1. The van der Waals surface area contributed by atoms with Crippen LogP contribution >= 0.6 is 0 Å². The van der Waals surface area contributed by atoms with Crippen molar-refractivity contribution in [2.45, 2.75) is 19.8 Å². The molecule has 0 atom stereocenters. The second-order valence-corrected chi connectivity index (χ2v) is 2.80. The lowest BCUT2D eigenvalue weighted by Crippen LogP contribution is -1.92. The summed E-state index contributed by atoms with van der Waals surface area (Å²) in [6.07, 6.45) is 6.37. The second-order valence-electron chi connectivity index (χ2n) is 2.80. The van der Waals surface area contributed by atoms with E-state index in [4.69, 9.17) is 4.74 Å². The number of hydrogen-bond acceptors (Lipinski definition) is 1. The second kappa shape index (κ2) is 6.92. The van der Waals surface area contributed by atoms with Gasteiger partial charge >= 0.3 is 0 Å². The molecule has 2 nitrogen and oxygen atoms in total. The summed E-state index contributed by atoms with van der Waals surface area (Å²) in [5, 5.41) is 0. The first-order chi connectivity index (χ1) is 5.74. The Morgan fingerprint density at radius 3 is 2.17 bits per heavy atom. The average molecular weight is 171 g/mol. The summed E-state index contributed by atoms with van der Waals surface area (Å²) in [5.41, 5.74) is 1.44. The van der Waals surface area contributed by atoms with E-state index in [2.05, 4.69) is 17.7 Å². The summed E-state index contributed by atoms with van der Waals surface area (Å²) < 4.78 is 8.56. The minimum atomic E-state index is 1.07. The highest BCUT2D eigenvalue weighted by molar-refractivity contribution is 5.19. The van der Waals surface area contributed by atoms with Crippen molar-refractivity contribution in [2.24, 2.45) is 0 Å². The Morgan fingerprint density at radius 2 is 1.83 bits per heavy atom. The van der Waals surface area contributed by atoms with Crippen LogP contribution in [0.4, 0.5) is 0 Å². The highest BCUT2D eigenvalue weighted by Crippen LogP contribution is 2.17. The third-order valence-electron chi connectivity index (χ3n) is 1.58. The van der Waals surface area contributed by atoms with Crippen molar-refractivity contribution in [3.05, 3.63) is 23.5 Å². The lowest BCUT2D eigenvalue weighted by atomic mass is 10.1. The summed E-state index contributed by atoms with van der Waals surface area (Å²) >= 11 is 0. The highest BCUT2D eigenvalue weighted by atomic mass is 16.5. The number of allylic oxidation sites excluding steroid dienone is 4. The van der Waals surface area contributed by atoms with Crippen molar-refractivity contribution < 1.29 is 9.47 Å². The van der Waals surface area contributed by atoms with Crippen molar-refractivity contribution in [2.75, 3.05) is 21.3 Å². The van der Waals surface area contributed by atoms with Crippen LogP contribution in [0.2, 0.25) is 0 Å². The van der Waals surface area contributed by atoms with E-state index in [1.54, 1.807) is 21.3 Å². The zero-order chi connectivity index (χ0) is 9.40. The first-order valence-corrected chi connectivity index (χ1v) is 4.12. The van der Waals surface area contributed by atoms with Crippen LogP contribution < -0.4 is 0 Å². The van der Waals surface area contributed by atoms with Gasteiger partial charge in [0.25, 0.3) is 0 Å². The van der Waals surface area contributed by atoms with Gasteiger partial charge < -0.3 is 9.47 Å². The topological polar surface area (TPSA) is 22.0 Å². The molecule has 12 heavy (non-hydrogen) atoms. The molecule has 0 aromatic rings. The predicted octanol–water partition coefficient (Wildman–Crippen LogP) is 2.03. The molecule has 0 radical (unpaired) electrons. The SMILES string of the molecule is COC1=CC=C(C)CC1.C[OH+]C. The third-order valence-corrected chi connectivity index (χ3v) is 1.58. The Balaban J connectivity index is 0.000000354. The van der Waals surface area contributed by atoms with Gasteiger partial charge in [-0.3, -0.25) is 0 Å². The lowest BCUT2D eigenvalue weighted by Gasteiger charge is -2.09. The van der Waals surface area contributed by atoms with Crippen molar-refractivity contribution in [3.8, 4) is 0 Å². The van der Waals surface area contributed by atoms with Gasteiger partial charge in [0, 0.05) is 6.42 Å². The van der Waals surface area contributed by atoms with Crippen molar-refractivity contribution in [1.82, 2.24) is 0 Å². The molecule has 1 aliphatic carbocycles. The van der Waals surface area contributed by atoms with Gasteiger partial charge in [-0.25, -0.2) is 0 Å². The fraction of sp³-hybridized carbons (Fsp3) is 0.600. The van der Waals surface area contributed by atoms with Gasteiger partial charge in [-0.1, -0.05) is 11.6 Å². The molecule has 1 aliphatic rings. The standard InChI is InChI=1S/C8H12O.C2H6O/c1-7-3-5-8(9-2)6-4-7;1-3-2/h3,5H,4,6H2,1-2H3;1-2H3/p+1. The zero-order valence-electron chi connectivity index (χ0n) is 8.42. The van der Waals surface area contributed by atoms with Crippen LogP contribution in [-0.2, 0) is 4.74 Å². The summed E-state index contributed by atoms with van der Waals surface area (Å²) in [5.74, 6) is 1.10. The lowest BCUT2D eigenvalue weighted by molar-refractivity contribution is 0.0768. The smallest absolute Gasteiger partial charge is 0.134 e. The normalized spacial score (nSPS) is 15.3. The van der Waals surface area contributed by atoms with E-state index in [1.807, 2.05) is 6.08 Å². The molecule has 0 aliphatic heterocycles. The third kappa shape index (κ3) is 4.97. The van der Waals surface area contributed by atoms with Gasteiger partial charge in [0.2, 0.25) is 0 Å². The van der Waals surface area contributed by atoms with Crippen molar-refractivity contribution >= 4 is 0 Å². The first-order valence-electron chi connectivity index (χ1n) is 4.12. The van der Waals surface area contributed by atoms with Gasteiger partial charge in [-0.05, 0) is 19.4 Å². The molecule has 0 unspecified atom stereocenters. The van der Waals surface area contributed by atoms with Gasteiger partial charge in [-0.15, -0.1) is 0 Å². The van der Waals surface area contributed by atoms with E-state index < -0.39 is 0 Å². The minimum Gasteiger partial charge on any atom is -0.501 e. The molecule has 0 saturated heterocycles. The van der Waals surface area contributed by atoms with Crippen LogP contribution in [0.1, 0.15) is 19.8 Å². The maximum Gasteiger partial charge on any atom is 0.134 e. The molecule has 2 heteroatoms. The van der Waals surface area contributed by atoms with E-state index in [0.717, 1.165) is 18.6 Å². The van der Waals surface area contributed by atoms with Crippen LogP contribution in [0.15, 0.2) is 23.5 Å². The maximum absolute atomic E-state index is 5.06. The van der Waals surface area contributed by atoms with Crippen LogP contribution in [0.5, 0.6) is 0 Å². The van der Waals surface area contributed by atoms with E-state index in [1.165, 1.54) is 5.57 Å². The molecule has 70 valence electrons. The van der Waals surface area contributed by atoms with E-state index in [0.29, 0.717) is 0 Å². The molecule has 0 aromatic carbocycles. The average Bonchev–Trinajstić information content (AvgIpc) is 2.07. The van der Waals surface area contributed by atoms with Crippen LogP contribution in [0, 0.1) is 0 Å². The quantitative estimate of drug-likeness (QED) is 0.553.